The lowest BCUT2D eigenvalue weighted by atomic mass is 10.2. The zero-order valence-corrected chi connectivity index (χ0v) is 8.90. The van der Waals surface area contributed by atoms with Gasteiger partial charge in [-0.15, -0.1) is 24.2 Å². The van der Waals surface area contributed by atoms with E-state index in [0.717, 1.165) is 11.3 Å². The van der Waals surface area contributed by atoms with Gasteiger partial charge in [0.05, 0.1) is 6.61 Å². The third-order valence-electron chi connectivity index (χ3n) is 1.52. The molecule has 1 aromatic rings. The second kappa shape index (κ2) is 7.21. The van der Waals surface area contributed by atoms with Crippen molar-refractivity contribution in [3.8, 4) is 0 Å². The molecule has 0 fully saturated rings. The highest BCUT2D eigenvalue weighted by Gasteiger charge is 1.92. The monoisotopic (exact) mass is 219 g/mol. The van der Waals surface area contributed by atoms with Crippen LogP contribution in [0.1, 0.15) is 5.56 Å². The van der Waals surface area contributed by atoms with Crippen molar-refractivity contribution in [3.63, 3.8) is 0 Å². The minimum atomic E-state index is 0. The predicted octanol–water partition coefficient (Wildman–Crippen LogP) is 1.65. The van der Waals surface area contributed by atoms with Crippen LogP contribution in [0, 0.1) is 0 Å². The molecule has 74 valence electrons. The Bertz CT molecular complexity index is 228. The van der Waals surface area contributed by atoms with Crippen LogP contribution in [-0.4, -0.2) is 17.5 Å². The molecule has 0 aliphatic heterocycles. The molecule has 0 heterocycles. The molecule has 0 aromatic heterocycles. The van der Waals surface area contributed by atoms with Crippen molar-refractivity contribution in [1.29, 1.82) is 0 Å². The van der Waals surface area contributed by atoms with Crippen LogP contribution in [0.5, 0.6) is 0 Å². The first-order chi connectivity index (χ1) is 5.86. The summed E-state index contributed by atoms with van der Waals surface area (Å²) in [7, 11) is 0. The third kappa shape index (κ3) is 4.52. The summed E-state index contributed by atoms with van der Waals surface area (Å²) < 4.78 is 0. The molecule has 0 bridgehead atoms. The number of aliphatic hydroxyl groups is 1. The van der Waals surface area contributed by atoms with Gasteiger partial charge in [-0.2, -0.15) is 0 Å². The van der Waals surface area contributed by atoms with Crippen molar-refractivity contribution in [2.24, 2.45) is 5.73 Å². The van der Waals surface area contributed by atoms with Crippen LogP contribution in [0.15, 0.2) is 29.2 Å². The topological polar surface area (TPSA) is 46.2 Å². The van der Waals surface area contributed by atoms with Crippen LogP contribution >= 0.6 is 24.2 Å². The summed E-state index contributed by atoms with van der Waals surface area (Å²) in [6, 6.07) is 8.09. The minimum Gasteiger partial charge on any atom is -0.396 e. The first kappa shape index (κ1) is 12.8. The van der Waals surface area contributed by atoms with Gasteiger partial charge < -0.3 is 10.8 Å². The van der Waals surface area contributed by atoms with Crippen molar-refractivity contribution < 1.29 is 5.11 Å². The number of nitrogens with two attached hydrogens (primary N) is 1. The van der Waals surface area contributed by atoms with Crippen molar-refractivity contribution in [2.45, 2.75) is 11.4 Å². The average Bonchev–Trinajstić information content (AvgIpc) is 2.15. The molecule has 13 heavy (non-hydrogen) atoms. The molecular formula is C9H14ClNOS. The molecule has 4 heteroatoms. The fourth-order valence-corrected chi connectivity index (χ4v) is 1.54. The molecule has 0 saturated carbocycles. The maximum Gasteiger partial charge on any atom is 0.0525 e. The number of benzene rings is 1. The van der Waals surface area contributed by atoms with E-state index >= 15 is 0 Å². The highest BCUT2D eigenvalue weighted by Crippen LogP contribution is 2.17. The second-order valence-corrected chi connectivity index (χ2v) is 3.59. The Labute approximate surface area is 88.9 Å². The molecular weight excluding hydrogens is 206 g/mol. The first-order valence-corrected chi connectivity index (χ1v) is 4.88. The van der Waals surface area contributed by atoms with Crippen LogP contribution in [0.4, 0.5) is 0 Å². The van der Waals surface area contributed by atoms with E-state index in [-0.39, 0.29) is 19.0 Å². The molecule has 2 nitrogen and oxygen atoms in total. The highest BCUT2D eigenvalue weighted by molar-refractivity contribution is 7.99. The van der Waals surface area contributed by atoms with Crippen molar-refractivity contribution >= 4 is 24.2 Å². The summed E-state index contributed by atoms with van der Waals surface area (Å²) >= 11 is 1.65. The molecule has 0 radical (unpaired) electrons. The predicted molar refractivity (Wildman–Crippen MR) is 59.4 cm³/mol. The van der Waals surface area contributed by atoms with Gasteiger partial charge in [0.25, 0.3) is 0 Å². The molecule has 1 aromatic carbocycles. The van der Waals surface area contributed by atoms with E-state index in [1.165, 1.54) is 4.90 Å². The van der Waals surface area contributed by atoms with Crippen LogP contribution in [0.2, 0.25) is 0 Å². The largest absolute Gasteiger partial charge is 0.396 e. The summed E-state index contributed by atoms with van der Waals surface area (Å²) in [6.07, 6.45) is 0. The maximum atomic E-state index is 8.59. The number of thioether (sulfide) groups is 1. The molecule has 0 atom stereocenters. The third-order valence-corrected chi connectivity index (χ3v) is 2.51. The van der Waals surface area contributed by atoms with Gasteiger partial charge in [0.15, 0.2) is 0 Å². The quantitative estimate of drug-likeness (QED) is 0.758. The fourth-order valence-electron chi connectivity index (χ4n) is 0.885. The van der Waals surface area contributed by atoms with Gasteiger partial charge in [-0.25, -0.2) is 0 Å². The average molecular weight is 220 g/mol. The number of rotatable bonds is 4. The van der Waals surface area contributed by atoms with Crippen LogP contribution < -0.4 is 5.73 Å². The normalized spacial score (nSPS) is 9.38. The maximum absolute atomic E-state index is 8.59. The Morgan fingerprint density at radius 1 is 1.23 bits per heavy atom. The number of halogens is 1. The van der Waals surface area contributed by atoms with E-state index in [1.54, 1.807) is 11.8 Å². The van der Waals surface area contributed by atoms with Crippen molar-refractivity contribution in [3.05, 3.63) is 29.8 Å². The smallest absolute Gasteiger partial charge is 0.0525 e. The van der Waals surface area contributed by atoms with E-state index in [1.807, 2.05) is 24.3 Å². The fraction of sp³-hybridized carbons (Fsp3) is 0.333. The van der Waals surface area contributed by atoms with Crippen LogP contribution in [-0.2, 0) is 6.54 Å². The molecule has 3 N–H and O–H groups in total. The SMILES string of the molecule is Cl.NCc1ccc(SCCO)cc1. The Morgan fingerprint density at radius 2 is 1.85 bits per heavy atom. The summed E-state index contributed by atoms with van der Waals surface area (Å²) in [5, 5.41) is 8.59. The summed E-state index contributed by atoms with van der Waals surface area (Å²) in [5.74, 6) is 0.752. The Hall–Kier alpha value is -0.220. The lowest BCUT2D eigenvalue weighted by Gasteiger charge is -2.00. The van der Waals surface area contributed by atoms with E-state index in [9.17, 15) is 0 Å². The molecule has 1 rings (SSSR count). The lowest BCUT2D eigenvalue weighted by molar-refractivity contribution is 0.322. The van der Waals surface area contributed by atoms with Crippen molar-refractivity contribution in [1.82, 2.24) is 0 Å². The minimum absolute atomic E-state index is 0. The zero-order chi connectivity index (χ0) is 8.81. The van der Waals surface area contributed by atoms with Gasteiger partial charge in [0.2, 0.25) is 0 Å². The van der Waals surface area contributed by atoms with E-state index in [0.29, 0.717) is 6.54 Å². The lowest BCUT2D eigenvalue weighted by Crippen LogP contribution is -1.95. The zero-order valence-electron chi connectivity index (χ0n) is 7.27. The molecule has 0 amide bonds. The van der Waals surface area contributed by atoms with Gasteiger partial charge >= 0.3 is 0 Å². The molecule has 0 saturated heterocycles. The number of hydrogen-bond donors (Lipinski definition) is 2. The molecule has 0 unspecified atom stereocenters. The molecule has 0 spiro atoms. The first-order valence-electron chi connectivity index (χ1n) is 3.89. The Kier molecular flexibility index (Phi) is 7.09. The van der Waals surface area contributed by atoms with Crippen LogP contribution in [0.25, 0.3) is 0 Å². The van der Waals surface area contributed by atoms with Gasteiger partial charge in [0, 0.05) is 17.2 Å². The highest BCUT2D eigenvalue weighted by atomic mass is 35.5. The van der Waals surface area contributed by atoms with E-state index < -0.39 is 0 Å². The summed E-state index contributed by atoms with van der Waals surface area (Å²) in [6.45, 7) is 0.814. The number of hydrogen-bond acceptors (Lipinski definition) is 3. The Balaban J connectivity index is 0.00000144. The second-order valence-electron chi connectivity index (χ2n) is 2.42. The molecule has 0 aliphatic rings. The standard InChI is InChI=1S/C9H13NOS.ClH/c10-7-8-1-3-9(4-2-8)12-6-5-11;/h1-4,11H,5-7,10H2;1H. The summed E-state index contributed by atoms with van der Waals surface area (Å²) in [4.78, 5) is 1.18. The van der Waals surface area contributed by atoms with E-state index in [4.69, 9.17) is 10.8 Å². The van der Waals surface area contributed by atoms with E-state index in [2.05, 4.69) is 0 Å². The summed E-state index contributed by atoms with van der Waals surface area (Å²) in [5.41, 5.74) is 6.60. The van der Waals surface area contributed by atoms with Gasteiger partial charge in [0.1, 0.15) is 0 Å². The van der Waals surface area contributed by atoms with Crippen LogP contribution in [0.3, 0.4) is 0 Å². The van der Waals surface area contributed by atoms with Crippen molar-refractivity contribution in [2.75, 3.05) is 12.4 Å². The van der Waals surface area contributed by atoms with Gasteiger partial charge in [-0.1, -0.05) is 12.1 Å². The Morgan fingerprint density at radius 3 is 2.31 bits per heavy atom. The van der Waals surface area contributed by atoms with Gasteiger partial charge in [-0.3, -0.25) is 0 Å². The number of aliphatic hydroxyl groups excluding tert-OH is 1. The van der Waals surface area contributed by atoms with Gasteiger partial charge in [-0.05, 0) is 17.7 Å². The molecule has 0 aliphatic carbocycles.